The van der Waals surface area contributed by atoms with E-state index in [1.165, 1.54) is 12.1 Å². The Morgan fingerprint density at radius 3 is 2.74 bits per heavy atom. The van der Waals surface area contributed by atoms with E-state index in [9.17, 15) is 9.18 Å². The first-order valence-electron chi connectivity index (χ1n) is 5.67. The third kappa shape index (κ3) is 3.09. The molecule has 1 amide bonds. The summed E-state index contributed by atoms with van der Waals surface area (Å²) in [5, 5.41) is 2.74. The predicted octanol–water partition coefficient (Wildman–Crippen LogP) is 3.74. The molecule has 0 spiro atoms. The zero-order valence-electron chi connectivity index (χ0n) is 10.5. The van der Waals surface area contributed by atoms with Gasteiger partial charge >= 0.3 is 0 Å². The molecular formula is C14H12ClFN2O. The van der Waals surface area contributed by atoms with Gasteiger partial charge < -0.3 is 5.32 Å². The van der Waals surface area contributed by atoms with Crippen molar-refractivity contribution in [1.29, 1.82) is 0 Å². The predicted molar refractivity (Wildman–Crippen MR) is 73.1 cm³/mol. The Hall–Kier alpha value is -1.94. The molecule has 1 aromatic heterocycles. The van der Waals surface area contributed by atoms with Gasteiger partial charge in [-0.15, -0.1) is 0 Å². The molecule has 1 heterocycles. The average molecular weight is 279 g/mol. The number of nitrogens with zero attached hydrogens (tertiary/aromatic N) is 1. The van der Waals surface area contributed by atoms with Gasteiger partial charge in [0.2, 0.25) is 0 Å². The lowest BCUT2D eigenvalue weighted by atomic mass is 10.1. The first kappa shape index (κ1) is 13.5. The number of nitrogens with one attached hydrogen (secondary N) is 1. The second kappa shape index (κ2) is 5.36. The Bertz CT molecular complexity index is 643. The number of halogens is 2. The molecule has 0 atom stereocenters. The number of amides is 1. The van der Waals surface area contributed by atoms with Crippen LogP contribution >= 0.6 is 11.6 Å². The van der Waals surface area contributed by atoms with Crippen molar-refractivity contribution in [3.63, 3.8) is 0 Å². The lowest BCUT2D eigenvalue weighted by Gasteiger charge is -2.08. The van der Waals surface area contributed by atoms with Crippen molar-refractivity contribution in [2.24, 2.45) is 0 Å². The fraction of sp³-hybridized carbons (Fsp3) is 0.143. The third-order valence-corrected chi connectivity index (χ3v) is 2.89. The van der Waals surface area contributed by atoms with Crippen molar-refractivity contribution in [3.05, 3.63) is 58.1 Å². The molecule has 98 valence electrons. The van der Waals surface area contributed by atoms with Gasteiger partial charge in [0.05, 0.1) is 11.3 Å². The van der Waals surface area contributed by atoms with Crippen LogP contribution in [-0.4, -0.2) is 10.9 Å². The van der Waals surface area contributed by atoms with E-state index in [2.05, 4.69) is 10.3 Å². The molecule has 0 aliphatic carbocycles. The van der Waals surface area contributed by atoms with Crippen LogP contribution in [-0.2, 0) is 0 Å². The molecule has 0 bridgehead atoms. The molecule has 0 unspecified atom stereocenters. The first-order valence-corrected chi connectivity index (χ1v) is 6.05. The molecule has 5 heteroatoms. The SMILES string of the molecule is Cc1cnc(Cl)c(NC(=O)c2cc(C)ccc2F)c1. The summed E-state index contributed by atoms with van der Waals surface area (Å²) in [6.07, 6.45) is 1.59. The van der Waals surface area contributed by atoms with Crippen LogP contribution in [0.3, 0.4) is 0 Å². The standard InChI is InChI=1S/C14H12ClFN2O/c1-8-3-4-11(16)10(5-8)14(19)18-12-6-9(2)7-17-13(12)15/h3-7H,1-2H3,(H,18,19). The zero-order valence-corrected chi connectivity index (χ0v) is 11.3. The maximum absolute atomic E-state index is 13.6. The van der Waals surface area contributed by atoms with Gasteiger partial charge in [-0.3, -0.25) is 4.79 Å². The summed E-state index contributed by atoms with van der Waals surface area (Å²) in [5.41, 5.74) is 2.01. The van der Waals surface area contributed by atoms with Crippen molar-refractivity contribution >= 4 is 23.2 Å². The van der Waals surface area contributed by atoms with E-state index in [-0.39, 0.29) is 10.7 Å². The van der Waals surface area contributed by atoms with E-state index in [0.29, 0.717) is 5.69 Å². The lowest BCUT2D eigenvalue weighted by Crippen LogP contribution is -2.14. The van der Waals surface area contributed by atoms with Crippen LogP contribution in [0, 0.1) is 19.7 Å². The van der Waals surface area contributed by atoms with Crippen molar-refractivity contribution < 1.29 is 9.18 Å². The molecule has 0 fully saturated rings. The fourth-order valence-electron chi connectivity index (χ4n) is 1.64. The number of aryl methyl sites for hydroxylation is 2. The number of aromatic nitrogens is 1. The van der Waals surface area contributed by atoms with Crippen LogP contribution in [0.4, 0.5) is 10.1 Å². The monoisotopic (exact) mass is 278 g/mol. The summed E-state index contributed by atoms with van der Waals surface area (Å²) in [6.45, 7) is 3.61. The molecule has 2 rings (SSSR count). The second-order valence-corrected chi connectivity index (χ2v) is 4.65. The van der Waals surface area contributed by atoms with E-state index in [1.54, 1.807) is 25.3 Å². The van der Waals surface area contributed by atoms with Crippen LogP contribution in [0.1, 0.15) is 21.5 Å². The minimum atomic E-state index is -0.570. The summed E-state index contributed by atoms with van der Waals surface area (Å²) in [7, 11) is 0. The van der Waals surface area contributed by atoms with Gasteiger partial charge in [0.1, 0.15) is 5.82 Å². The third-order valence-electron chi connectivity index (χ3n) is 2.59. The van der Waals surface area contributed by atoms with Gasteiger partial charge in [0.15, 0.2) is 5.15 Å². The highest BCUT2D eigenvalue weighted by Gasteiger charge is 2.13. The van der Waals surface area contributed by atoms with E-state index in [4.69, 9.17) is 11.6 Å². The lowest BCUT2D eigenvalue weighted by molar-refractivity contribution is 0.102. The summed E-state index contributed by atoms with van der Waals surface area (Å²) >= 11 is 5.88. The Kier molecular flexibility index (Phi) is 3.81. The highest BCUT2D eigenvalue weighted by atomic mass is 35.5. The number of pyridine rings is 1. The van der Waals surface area contributed by atoms with Gasteiger partial charge in [-0.2, -0.15) is 0 Å². The van der Waals surface area contributed by atoms with E-state index in [1.807, 2.05) is 6.92 Å². The molecule has 19 heavy (non-hydrogen) atoms. The number of hydrogen-bond donors (Lipinski definition) is 1. The highest BCUT2D eigenvalue weighted by molar-refractivity contribution is 6.32. The van der Waals surface area contributed by atoms with E-state index in [0.717, 1.165) is 11.1 Å². The van der Waals surface area contributed by atoms with Gasteiger partial charge in [-0.25, -0.2) is 9.37 Å². The fourth-order valence-corrected chi connectivity index (χ4v) is 1.79. The molecule has 2 aromatic rings. The van der Waals surface area contributed by atoms with Crippen LogP contribution in [0.25, 0.3) is 0 Å². The van der Waals surface area contributed by atoms with Crippen molar-refractivity contribution in [3.8, 4) is 0 Å². The van der Waals surface area contributed by atoms with Crippen LogP contribution in [0.5, 0.6) is 0 Å². The summed E-state index contributed by atoms with van der Waals surface area (Å²) in [5.74, 6) is -1.12. The number of carbonyl (C=O) groups is 1. The van der Waals surface area contributed by atoms with Crippen LogP contribution in [0.15, 0.2) is 30.5 Å². The Morgan fingerprint density at radius 2 is 2.00 bits per heavy atom. The van der Waals surface area contributed by atoms with E-state index < -0.39 is 11.7 Å². The molecule has 0 aliphatic heterocycles. The van der Waals surface area contributed by atoms with Crippen molar-refractivity contribution in [2.75, 3.05) is 5.32 Å². The maximum Gasteiger partial charge on any atom is 0.258 e. The number of carbonyl (C=O) groups excluding carboxylic acids is 1. The Balaban J connectivity index is 2.30. The molecule has 1 aromatic carbocycles. The van der Waals surface area contributed by atoms with Gasteiger partial charge in [-0.1, -0.05) is 23.2 Å². The van der Waals surface area contributed by atoms with E-state index >= 15 is 0 Å². The highest BCUT2D eigenvalue weighted by Crippen LogP contribution is 2.21. The number of rotatable bonds is 2. The molecular weight excluding hydrogens is 267 g/mol. The quantitative estimate of drug-likeness (QED) is 0.850. The molecule has 0 aliphatic rings. The topological polar surface area (TPSA) is 42.0 Å². The minimum absolute atomic E-state index is 0.0161. The first-order chi connectivity index (χ1) is 8.97. The molecule has 1 N–H and O–H groups in total. The number of hydrogen-bond acceptors (Lipinski definition) is 2. The maximum atomic E-state index is 13.6. The van der Waals surface area contributed by atoms with Gasteiger partial charge in [-0.05, 0) is 37.6 Å². The molecule has 0 saturated heterocycles. The van der Waals surface area contributed by atoms with Crippen molar-refractivity contribution in [1.82, 2.24) is 4.98 Å². The average Bonchev–Trinajstić information content (AvgIpc) is 2.36. The Labute approximate surface area is 115 Å². The number of benzene rings is 1. The normalized spacial score (nSPS) is 10.3. The van der Waals surface area contributed by atoms with Crippen LogP contribution < -0.4 is 5.32 Å². The summed E-state index contributed by atoms with van der Waals surface area (Å²) < 4.78 is 13.6. The van der Waals surface area contributed by atoms with Gasteiger partial charge in [0, 0.05) is 6.20 Å². The smallest absolute Gasteiger partial charge is 0.258 e. The minimum Gasteiger partial charge on any atom is -0.319 e. The zero-order chi connectivity index (χ0) is 14.0. The Morgan fingerprint density at radius 1 is 1.26 bits per heavy atom. The molecule has 0 radical (unpaired) electrons. The van der Waals surface area contributed by atoms with Crippen molar-refractivity contribution in [2.45, 2.75) is 13.8 Å². The molecule has 0 saturated carbocycles. The molecule has 3 nitrogen and oxygen atoms in total. The number of anilines is 1. The summed E-state index contributed by atoms with van der Waals surface area (Å²) in [4.78, 5) is 15.9. The van der Waals surface area contributed by atoms with Gasteiger partial charge in [0.25, 0.3) is 5.91 Å². The second-order valence-electron chi connectivity index (χ2n) is 4.29. The largest absolute Gasteiger partial charge is 0.319 e. The van der Waals surface area contributed by atoms with Crippen LogP contribution in [0.2, 0.25) is 5.15 Å². The summed E-state index contributed by atoms with van der Waals surface area (Å²) in [6, 6.07) is 6.04.